The molecule has 0 saturated heterocycles. The Morgan fingerprint density at radius 2 is 2.00 bits per heavy atom. The SMILES string of the molecule is O=Cc1c(-c2ccc3c(c2)CCCC3)nc2ncccn12. The fraction of sp³-hybridized carbons (Fsp3) is 0.235. The third-order valence-corrected chi connectivity index (χ3v) is 4.17. The summed E-state index contributed by atoms with van der Waals surface area (Å²) in [5, 5.41) is 0. The summed E-state index contributed by atoms with van der Waals surface area (Å²) in [5.74, 6) is 0.562. The van der Waals surface area contributed by atoms with Gasteiger partial charge in [0.05, 0.1) is 0 Å². The number of fused-ring (bicyclic) bond motifs is 2. The molecule has 4 rings (SSSR count). The lowest BCUT2D eigenvalue weighted by atomic mass is 9.90. The van der Waals surface area contributed by atoms with E-state index in [1.165, 1.54) is 24.0 Å². The van der Waals surface area contributed by atoms with E-state index in [0.29, 0.717) is 11.5 Å². The zero-order valence-electron chi connectivity index (χ0n) is 11.6. The van der Waals surface area contributed by atoms with Crippen LogP contribution in [0.2, 0.25) is 0 Å². The minimum Gasteiger partial charge on any atom is -0.296 e. The van der Waals surface area contributed by atoms with Crippen LogP contribution in [-0.2, 0) is 12.8 Å². The third-order valence-electron chi connectivity index (χ3n) is 4.17. The van der Waals surface area contributed by atoms with Crippen LogP contribution in [0.1, 0.15) is 34.5 Å². The normalized spacial score (nSPS) is 14.1. The molecule has 104 valence electrons. The van der Waals surface area contributed by atoms with E-state index in [1.54, 1.807) is 16.7 Å². The first kappa shape index (κ1) is 12.3. The van der Waals surface area contributed by atoms with E-state index >= 15 is 0 Å². The Bertz CT molecular complexity index is 835. The highest BCUT2D eigenvalue weighted by Crippen LogP contribution is 2.28. The van der Waals surface area contributed by atoms with E-state index in [1.807, 2.05) is 6.20 Å². The zero-order valence-corrected chi connectivity index (χ0v) is 11.6. The molecular formula is C17H15N3O. The third kappa shape index (κ3) is 1.95. The molecule has 1 aromatic carbocycles. The van der Waals surface area contributed by atoms with Gasteiger partial charge in [0.25, 0.3) is 0 Å². The fourth-order valence-electron chi connectivity index (χ4n) is 3.11. The molecular weight excluding hydrogens is 262 g/mol. The smallest absolute Gasteiger partial charge is 0.234 e. The molecule has 2 heterocycles. The summed E-state index contributed by atoms with van der Waals surface area (Å²) < 4.78 is 1.74. The highest BCUT2D eigenvalue weighted by atomic mass is 16.1. The Balaban J connectivity index is 1.91. The number of aryl methyl sites for hydroxylation is 2. The van der Waals surface area contributed by atoms with E-state index < -0.39 is 0 Å². The van der Waals surface area contributed by atoms with E-state index in [9.17, 15) is 4.79 Å². The maximum absolute atomic E-state index is 11.5. The lowest BCUT2D eigenvalue weighted by Gasteiger charge is -2.16. The molecule has 21 heavy (non-hydrogen) atoms. The van der Waals surface area contributed by atoms with Gasteiger partial charge >= 0.3 is 0 Å². The fourth-order valence-corrected chi connectivity index (χ4v) is 3.11. The van der Waals surface area contributed by atoms with Crippen LogP contribution in [0.5, 0.6) is 0 Å². The molecule has 0 aliphatic heterocycles. The lowest BCUT2D eigenvalue weighted by Crippen LogP contribution is -2.02. The van der Waals surface area contributed by atoms with Crippen molar-refractivity contribution in [2.75, 3.05) is 0 Å². The number of benzene rings is 1. The van der Waals surface area contributed by atoms with Crippen molar-refractivity contribution in [3.05, 3.63) is 53.5 Å². The highest BCUT2D eigenvalue weighted by Gasteiger charge is 2.16. The van der Waals surface area contributed by atoms with Crippen LogP contribution in [0.4, 0.5) is 0 Å². The van der Waals surface area contributed by atoms with Crippen molar-refractivity contribution in [3.63, 3.8) is 0 Å². The number of carbonyl (C=O) groups excluding carboxylic acids is 1. The Labute approximate surface area is 122 Å². The Morgan fingerprint density at radius 3 is 2.86 bits per heavy atom. The molecule has 0 saturated carbocycles. The molecule has 4 heteroatoms. The monoisotopic (exact) mass is 277 g/mol. The molecule has 0 N–H and O–H groups in total. The van der Waals surface area contributed by atoms with Crippen molar-refractivity contribution in [1.29, 1.82) is 0 Å². The van der Waals surface area contributed by atoms with Gasteiger partial charge in [-0.2, -0.15) is 0 Å². The maximum atomic E-state index is 11.5. The Morgan fingerprint density at radius 1 is 1.14 bits per heavy atom. The van der Waals surface area contributed by atoms with Gasteiger partial charge in [0.2, 0.25) is 5.78 Å². The summed E-state index contributed by atoms with van der Waals surface area (Å²) in [7, 11) is 0. The number of imidazole rings is 1. The molecule has 4 nitrogen and oxygen atoms in total. The standard InChI is InChI=1S/C17H15N3O/c21-11-15-16(19-17-18-8-3-9-20(15)17)14-7-6-12-4-1-2-5-13(12)10-14/h3,6-11H,1-2,4-5H2. The van der Waals surface area contributed by atoms with Gasteiger partial charge in [-0.1, -0.05) is 12.1 Å². The molecule has 0 amide bonds. The minimum absolute atomic E-state index is 0.562. The second-order valence-corrected chi connectivity index (χ2v) is 5.44. The van der Waals surface area contributed by atoms with Crippen LogP contribution in [0.25, 0.3) is 17.0 Å². The molecule has 3 aromatic rings. The van der Waals surface area contributed by atoms with Crippen molar-refractivity contribution >= 4 is 12.1 Å². The average molecular weight is 277 g/mol. The van der Waals surface area contributed by atoms with E-state index in [2.05, 4.69) is 28.2 Å². The van der Waals surface area contributed by atoms with Crippen LogP contribution < -0.4 is 0 Å². The molecule has 0 unspecified atom stereocenters. The van der Waals surface area contributed by atoms with Crippen molar-refractivity contribution in [2.45, 2.75) is 25.7 Å². The highest BCUT2D eigenvalue weighted by molar-refractivity contribution is 5.85. The molecule has 2 aromatic heterocycles. The zero-order chi connectivity index (χ0) is 14.2. The van der Waals surface area contributed by atoms with Gasteiger partial charge in [-0.25, -0.2) is 9.97 Å². The van der Waals surface area contributed by atoms with Crippen molar-refractivity contribution < 1.29 is 4.79 Å². The summed E-state index contributed by atoms with van der Waals surface area (Å²) in [5.41, 5.74) is 5.11. The number of hydrogen-bond acceptors (Lipinski definition) is 3. The number of hydrogen-bond donors (Lipinski definition) is 0. The molecule has 1 aliphatic rings. The van der Waals surface area contributed by atoms with E-state index in [4.69, 9.17) is 0 Å². The second-order valence-electron chi connectivity index (χ2n) is 5.44. The summed E-state index contributed by atoms with van der Waals surface area (Å²) in [6, 6.07) is 8.23. The average Bonchev–Trinajstić information content (AvgIpc) is 2.93. The second kappa shape index (κ2) is 4.81. The predicted octanol–water partition coefficient (Wildman–Crippen LogP) is 3.09. The lowest BCUT2D eigenvalue weighted by molar-refractivity contribution is 0.111. The number of nitrogens with zero attached hydrogens (tertiary/aromatic N) is 3. The first-order valence-corrected chi connectivity index (χ1v) is 7.27. The van der Waals surface area contributed by atoms with Crippen LogP contribution in [0.15, 0.2) is 36.7 Å². The van der Waals surface area contributed by atoms with Crippen molar-refractivity contribution in [3.8, 4) is 11.3 Å². The van der Waals surface area contributed by atoms with Crippen LogP contribution in [0.3, 0.4) is 0 Å². The van der Waals surface area contributed by atoms with Crippen molar-refractivity contribution in [1.82, 2.24) is 14.4 Å². The predicted molar refractivity (Wildman–Crippen MR) is 80.5 cm³/mol. The topological polar surface area (TPSA) is 47.3 Å². The van der Waals surface area contributed by atoms with Crippen molar-refractivity contribution in [2.24, 2.45) is 0 Å². The molecule has 1 aliphatic carbocycles. The number of carbonyl (C=O) groups is 1. The minimum atomic E-state index is 0.562. The van der Waals surface area contributed by atoms with Gasteiger partial charge in [0, 0.05) is 18.0 Å². The molecule has 0 spiro atoms. The van der Waals surface area contributed by atoms with Gasteiger partial charge in [0.15, 0.2) is 6.29 Å². The van der Waals surface area contributed by atoms with Gasteiger partial charge < -0.3 is 0 Å². The first-order chi connectivity index (χ1) is 10.4. The van der Waals surface area contributed by atoms with Gasteiger partial charge in [-0.05, 0) is 48.9 Å². The molecule has 0 bridgehead atoms. The number of rotatable bonds is 2. The summed E-state index contributed by atoms with van der Waals surface area (Å²) >= 11 is 0. The van der Waals surface area contributed by atoms with Crippen LogP contribution in [0, 0.1) is 0 Å². The largest absolute Gasteiger partial charge is 0.296 e. The first-order valence-electron chi connectivity index (χ1n) is 7.27. The van der Waals surface area contributed by atoms with Gasteiger partial charge in [0.1, 0.15) is 11.4 Å². The summed E-state index contributed by atoms with van der Waals surface area (Å²) in [6.07, 6.45) is 9.15. The van der Waals surface area contributed by atoms with Gasteiger partial charge in [-0.15, -0.1) is 0 Å². The Hall–Kier alpha value is -2.49. The van der Waals surface area contributed by atoms with Crippen LogP contribution >= 0.6 is 0 Å². The van der Waals surface area contributed by atoms with Crippen LogP contribution in [-0.4, -0.2) is 20.7 Å². The molecule has 0 radical (unpaired) electrons. The molecule has 0 fully saturated rings. The quantitative estimate of drug-likeness (QED) is 0.676. The summed E-state index contributed by atoms with van der Waals surface area (Å²) in [6.45, 7) is 0. The van der Waals surface area contributed by atoms with Gasteiger partial charge in [-0.3, -0.25) is 9.20 Å². The van der Waals surface area contributed by atoms with E-state index in [-0.39, 0.29) is 0 Å². The molecule has 0 atom stereocenters. The number of aldehydes is 1. The summed E-state index contributed by atoms with van der Waals surface area (Å²) in [4.78, 5) is 20.2. The maximum Gasteiger partial charge on any atom is 0.234 e. The van der Waals surface area contributed by atoms with E-state index in [0.717, 1.165) is 30.4 Å². The number of aromatic nitrogens is 3. The Kier molecular flexibility index (Phi) is 2.81.